The van der Waals surface area contributed by atoms with Crippen LogP contribution in [-0.4, -0.2) is 22.6 Å². The Hall–Kier alpha value is -2.82. The zero-order valence-electron chi connectivity index (χ0n) is 16.2. The van der Waals surface area contributed by atoms with Crippen molar-refractivity contribution in [1.82, 2.24) is 14.9 Å². The Kier molecular flexibility index (Phi) is 6.12. The summed E-state index contributed by atoms with van der Waals surface area (Å²) in [6, 6.07) is 16.2. The van der Waals surface area contributed by atoms with Crippen LogP contribution >= 0.6 is 0 Å². The molecule has 3 rings (SSSR count). The van der Waals surface area contributed by atoms with E-state index in [0.717, 1.165) is 29.0 Å². The number of aromatic nitrogens is 2. The van der Waals surface area contributed by atoms with E-state index in [9.17, 15) is 4.79 Å². The van der Waals surface area contributed by atoms with Gasteiger partial charge in [0.05, 0.1) is 23.6 Å². The third kappa shape index (κ3) is 4.30. The second kappa shape index (κ2) is 8.71. The van der Waals surface area contributed by atoms with Crippen LogP contribution in [0.1, 0.15) is 50.5 Å². The largest absolute Gasteiger partial charge is 0.492 e. The number of benzene rings is 2. The second-order valence-electron chi connectivity index (χ2n) is 6.84. The summed E-state index contributed by atoms with van der Waals surface area (Å²) >= 11 is 0. The Labute approximate surface area is 160 Å². The maximum atomic E-state index is 10.8. The van der Waals surface area contributed by atoms with E-state index in [1.54, 1.807) is 0 Å². The number of hydrogen-bond donors (Lipinski definition) is 1. The number of nitrogens with zero attached hydrogens (tertiary/aromatic N) is 2. The van der Waals surface area contributed by atoms with Crippen LogP contribution in [0.15, 0.2) is 48.5 Å². The molecule has 0 aliphatic heterocycles. The highest BCUT2D eigenvalue weighted by Crippen LogP contribution is 2.23. The van der Waals surface area contributed by atoms with E-state index in [0.29, 0.717) is 25.5 Å². The zero-order chi connectivity index (χ0) is 19.2. The molecule has 3 aromatic rings. The molecule has 2 aromatic carbocycles. The topological polar surface area (TPSA) is 56.1 Å². The molecule has 0 unspecified atom stereocenters. The number of ether oxygens (including phenoxy) is 1. The number of carbonyl (C=O) groups excluding carboxylic acids is 1. The molecule has 0 bridgehead atoms. The van der Waals surface area contributed by atoms with Crippen molar-refractivity contribution >= 4 is 17.4 Å². The monoisotopic (exact) mass is 365 g/mol. The highest BCUT2D eigenvalue weighted by atomic mass is 16.5. The van der Waals surface area contributed by atoms with E-state index in [-0.39, 0.29) is 6.04 Å². The normalized spacial score (nSPS) is 13.3. The predicted molar refractivity (Wildman–Crippen MR) is 108 cm³/mol. The van der Waals surface area contributed by atoms with Gasteiger partial charge in [-0.25, -0.2) is 4.98 Å². The number of carbonyl (C=O) groups is 1. The molecular formula is C22H27N3O2. The first kappa shape index (κ1) is 19.0. The Morgan fingerprint density at radius 3 is 2.59 bits per heavy atom. The van der Waals surface area contributed by atoms with E-state index in [4.69, 9.17) is 4.74 Å². The molecule has 5 heteroatoms. The van der Waals surface area contributed by atoms with Crippen LogP contribution in [-0.2, 0) is 11.3 Å². The lowest BCUT2D eigenvalue weighted by molar-refractivity contribution is -0.110. The highest BCUT2D eigenvalue weighted by molar-refractivity contribution is 5.76. The van der Waals surface area contributed by atoms with E-state index in [2.05, 4.69) is 40.8 Å². The predicted octanol–water partition coefficient (Wildman–Crippen LogP) is 4.44. The SMILES string of the molecule is CC[C@@H](C)c1ccc(OCCn2c([C@H](C)NC=O)nc3ccccc32)cc1. The molecular weight excluding hydrogens is 338 g/mol. The van der Waals surface area contributed by atoms with Crippen LogP contribution in [0.5, 0.6) is 5.75 Å². The van der Waals surface area contributed by atoms with Gasteiger partial charge in [-0.15, -0.1) is 0 Å². The van der Waals surface area contributed by atoms with Crippen molar-refractivity contribution in [3.05, 3.63) is 59.9 Å². The Morgan fingerprint density at radius 1 is 1.15 bits per heavy atom. The summed E-state index contributed by atoms with van der Waals surface area (Å²) in [6.45, 7) is 7.55. The molecule has 1 heterocycles. The van der Waals surface area contributed by atoms with Gasteiger partial charge in [-0.1, -0.05) is 38.1 Å². The number of rotatable bonds is 9. The molecule has 0 aliphatic rings. The van der Waals surface area contributed by atoms with Gasteiger partial charge in [-0.2, -0.15) is 0 Å². The van der Waals surface area contributed by atoms with Crippen LogP contribution in [0.25, 0.3) is 11.0 Å². The van der Waals surface area contributed by atoms with Gasteiger partial charge in [0, 0.05) is 0 Å². The lowest BCUT2D eigenvalue weighted by Crippen LogP contribution is -2.21. The van der Waals surface area contributed by atoms with Crippen molar-refractivity contribution in [2.45, 2.75) is 45.7 Å². The lowest BCUT2D eigenvalue weighted by atomic mass is 9.99. The van der Waals surface area contributed by atoms with Gasteiger partial charge in [0.2, 0.25) is 6.41 Å². The molecule has 0 aliphatic carbocycles. The maximum absolute atomic E-state index is 10.8. The first-order valence-electron chi connectivity index (χ1n) is 9.51. The molecule has 0 radical (unpaired) electrons. The summed E-state index contributed by atoms with van der Waals surface area (Å²) < 4.78 is 8.07. The fourth-order valence-electron chi connectivity index (χ4n) is 3.22. The molecule has 1 N–H and O–H groups in total. The Bertz CT molecular complexity index is 886. The van der Waals surface area contributed by atoms with Crippen LogP contribution in [0, 0.1) is 0 Å². The molecule has 0 fully saturated rings. The minimum Gasteiger partial charge on any atom is -0.492 e. The molecule has 142 valence electrons. The number of imidazole rings is 1. The quantitative estimate of drug-likeness (QED) is 0.571. The summed E-state index contributed by atoms with van der Waals surface area (Å²) in [7, 11) is 0. The molecule has 0 spiro atoms. The lowest BCUT2D eigenvalue weighted by Gasteiger charge is -2.15. The summed E-state index contributed by atoms with van der Waals surface area (Å²) in [5.74, 6) is 2.26. The van der Waals surface area contributed by atoms with Gasteiger partial charge in [0.1, 0.15) is 18.2 Å². The third-order valence-electron chi connectivity index (χ3n) is 5.03. The first-order chi connectivity index (χ1) is 13.1. The van der Waals surface area contributed by atoms with E-state index < -0.39 is 0 Å². The molecule has 0 saturated carbocycles. The van der Waals surface area contributed by atoms with Crippen LogP contribution in [0.4, 0.5) is 0 Å². The smallest absolute Gasteiger partial charge is 0.207 e. The number of fused-ring (bicyclic) bond motifs is 1. The summed E-state index contributed by atoms with van der Waals surface area (Å²) in [6.07, 6.45) is 1.84. The van der Waals surface area contributed by atoms with Crippen LogP contribution in [0.3, 0.4) is 0 Å². The van der Waals surface area contributed by atoms with Gasteiger partial charge in [-0.05, 0) is 49.1 Å². The van der Waals surface area contributed by atoms with Crippen molar-refractivity contribution in [2.24, 2.45) is 0 Å². The Morgan fingerprint density at radius 2 is 1.89 bits per heavy atom. The van der Waals surface area contributed by atoms with Gasteiger partial charge in [0.15, 0.2) is 0 Å². The molecule has 0 saturated heterocycles. The fraction of sp³-hybridized carbons (Fsp3) is 0.364. The standard InChI is InChI=1S/C22H27N3O2/c1-4-16(2)18-9-11-19(12-10-18)27-14-13-25-21-8-6-5-7-20(21)24-22(25)17(3)23-15-26/h5-12,15-17H,4,13-14H2,1-3H3,(H,23,26)/t16-,17+/m1/s1. The van der Waals surface area contributed by atoms with Gasteiger partial charge in [0.25, 0.3) is 0 Å². The zero-order valence-corrected chi connectivity index (χ0v) is 16.2. The average Bonchev–Trinajstić information content (AvgIpc) is 3.07. The summed E-state index contributed by atoms with van der Waals surface area (Å²) in [4.78, 5) is 15.5. The van der Waals surface area contributed by atoms with Crippen molar-refractivity contribution in [1.29, 1.82) is 0 Å². The Balaban J connectivity index is 1.72. The number of nitrogens with one attached hydrogen (secondary N) is 1. The number of amides is 1. The minimum atomic E-state index is -0.162. The second-order valence-corrected chi connectivity index (χ2v) is 6.84. The molecule has 1 aromatic heterocycles. The van der Waals surface area contributed by atoms with E-state index in [1.807, 2.05) is 43.3 Å². The average molecular weight is 365 g/mol. The summed E-state index contributed by atoms with van der Waals surface area (Å²) in [5, 5.41) is 2.79. The summed E-state index contributed by atoms with van der Waals surface area (Å²) in [5.41, 5.74) is 3.30. The van der Waals surface area contributed by atoms with Gasteiger partial charge in [-0.3, -0.25) is 4.79 Å². The fourth-order valence-corrected chi connectivity index (χ4v) is 3.22. The minimum absolute atomic E-state index is 0.162. The van der Waals surface area contributed by atoms with Crippen molar-refractivity contribution in [3.63, 3.8) is 0 Å². The van der Waals surface area contributed by atoms with Crippen molar-refractivity contribution in [2.75, 3.05) is 6.61 Å². The third-order valence-corrected chi connectivity index (χ3v) is 5.03. The van der Waals surface area contributed by atoms with Gasteiger partial charge < -0.3 is 14.6 Å². The van der Waals surface area contributed by atoms with Crippen LogP contribution < -0.4 is 10.1 Å². The van der Waals surface area contributed by atoms with Crippen molar-refractivity contribution < 1.29 is 9.53 Å². The first-order valence-corrected chi connectivity index (χ1v) is 9.51. The molecule has 27 heavy (non-hydrogen) atoms. The van der Waals surface area contributed by atoms with Crippen LogP contribution in [0.2, 0.25) is 0 Å². The number of para-hydroxylation sites is 2. The molecule has 2 atom stereocenters. The van der Waals surface area contributed by atoms with Gasteiger partial charge >= 0.3 is 0 Å². The maximum Gasteiger partial charge on any atom is 0.207 e. The van der Waals surface area contributed by atoms with Crippen molar-refractivity contribution in [3.8, 4) is 5.75 Å². The molecule has 1 amide bonds. The molecule has 5 nitrogen and oxygen atoms in total. The van der Waals surface area contributed by atoms with E-state index in [1.165, 1.54) is 5.56 Å². The number of hydrogen-bond acceptors (Lipinski definition) is 3. The highest BCUT2D eigenvalue weighted by Gasteiger charge is 2.16. The van der Waals surface area contributed by atoms with E-state index >= 15 is 0 Å².